The molecule has 2 N–H and O–H groups in total. The molecule has 0 amide bonds. The van der Waals surface area contributed by atoms with Crippen molar-refractivity contribution in [2.75, 3.05) is 39.6 Å². The quantitative estimate of drug-likeness (QED) is 0.0626. The zero-order valence-electron chi connectivity index (χ0n) is 36.5. The summed E-state index contributed by atoms with van der Waals surface area (Å²) in [6.07, 6.45) is 1.70. The van der Waals surface area contributed by atoms with Crippen LogP contribution in [0.1, 0.15) is 99.8 Å². The monoisotopic (exact) mass is 872 g/mol. The maximum atomic E-state index is 13.5. The molecule has 2 heterocycles. The standard InChI is InChI=1S/C39H64N6O16/c1-28(47)27-59-31(50)15-18-42-33(52)40(16-13-29(48)57-23-11-9-8-10-12-24-60-38(2,3)4)32(51)41(34(42)53)17-14-30(49)58-25-20-44-35(54)43(19-22-46)36(55)45(37(44)56)21-26-61-39(5,6)7/h28,46-47H,8-27H2,1-7H3. The van der Waals surface area contributed by atoms with Crippen LogP contribution in [0.25, 0.3) is 0 Å². The van der Waals surface area contributed by atoms with Crippen molar-refractivity contribution < 1.29 is 48.3 Å². The summed E-state index contributed by atoms with van der Waals surface area (Å²) in [5.74, 6) is -2.53. The Hall–Kier alpha value is -4.93. The smallest absolute Gasteiger partial charge is 0.336 e. The molecule has 2 aromatic heterocycles. The SMILES string of the molecule is CC(O)COC(=O)CCn1c(=O)n(CCC(=O)OCCCCCCCOC(C)(C)C)c(=O)n(CCC(=O)OCCn2c(=O)n(CCO)c(=O)n(CCOC(C)(C)C)c2=O)c1=O. The van der Waals surface area contributed by atoms with Crippen molar-refractivity contribution in [1.29, 1.82) is 0 Å². The van der Waals surface area contributed by atoms with Crippen LogP contribution in [-0.4, -0.2) is 112 Å². The Bertz CT molecular complexity index is 2110. The molecule has 0 spiro atoms. The van der Waals surface area contributed by atoms with E-state index in [4.69, 9.17) is 23.7 Å². The third kappa shape index (κ3) is 18.3. The molecule has 1 unspecified atom stereocenters. The van der Waals surface area contributed by atoms with Gasteiger partial charge >= 0.3 is 52.0 Å². The van der Waals surface area contributed by atoms with Gasteiger partial charge in [-0.05, 0) is 61.3 Å². The average molecular weight is 873 g/mol. The molecule has 0 aromatic carbocycles. The van der Waals surface area contributed by atoms with Gasteiger partial charge in [0.05, 0.1) is 76.0 Å². The number of aliphatic hydroxyl groups is 2. The van der Waals surface area contributed by atoms with E-state index >= 15 is 0 Å². The molecule has 61 heavy (non-hydrogen) atoms. The second kappa shape index (κ2) is 25.1. The summed E-state index contributed by atoms with van der Waals surface area (Å²) < 4.78 is 30.5. The normalized spacial score (nSPS) is 12.3. The van der Waals surface area contributed by atoms with Crippen molar-refractivity contribution in [2.24, 2.45) is 0 Å². The van der Waals surface area contributed by atoms with E-state index in [0.29, 0.717) is 35.9 Å². The predicted octanol–water partition coefficient (Wildman–Crippen LogP) is -0.889. The molecule has 22 heteroatoms. The van der Waals surface area contributed by atoms with Crippen LogP contribution in [0.4, 0.5) is 0 Å². The Morgan fingerprint density at radius 1 is 0.475 bits per heavy atom. The molecule has 1 atom stereocenters. The van der Waals surface area contributed by atoms with E-state index < -0.39 is 129 Å². The fourth-order valence-corrected chi connectivity index (χ4v) is 5.64. The summed E-state index contributed by atoms with van der Waals surface area (Å²) >= 11 is 0. The largest absolute Gasteiger partial charge is 0.466 e. The van der Waals surface area contributed by atoms with Gasteiger partial charge in [0.15, 0.2) is 0 Å². The number of carbonyl (C=O) groups is 3. The molecule has 0 bridgehead atoms. The van der Waals surface area contributed by atoms with Gasteiger partial charge in [0, 0.05) is 26.2 Å². The van der Waals surface area contributed by atoms with Crippen molar-refractivity contribution in [1.82, 2.24) is 27.4 Å². The molecular weight excluding hydrogens is 808 g/mol. The zero-order chi connectivity index (χ0) is 45.9. The first kappa shape index (κ1) is 52.2. The predicted molar refractivity (Wildman–Crippen MR) is 218 cm³/mol. The topological polar surface area (TPSA) is 270 Å². The van der Waals surface area contributed by atoms with Gasteiger partial charge in [0.1, 0.15) is 13.2 Å². The number of aliphatic hydroxyl groups excluding tert-OH is 2. The minimum atomic E-state index is -1.16. The van der Waals surface area contributed by atoms with Gasteiger partial charge in [-0.1, -0.05) is 19.3 Å². The Labute approximate surface area is 352 Å². The third-order valence-electron chi connectivity index (χ3n) is 8.71. The van der Waals surface area contributed by atoms with Gasteiger partial charge in [-0.25, -0.2) is 56.2 Å². The molecule has 0 fully saturated rings. The van der Waals surface area contributed by atoms with Crippen LogP contribution >= 0.6 is 0 Å². The van der Waals surface area contributed by atoms with Crippen LogP contribution in [0.15, 0.2) is 28.8 Å². The minimum Gasteiger partial charge on any atom is -0.466 e. The summed E-state index contributed by atoms with van der Waals surface area (Å²) in [6, 6.07) is 0. The molecule has 2 rings (SSSR count). The lowest BCUT2D eigenvalue weighted by Gasteiger charge is -2.20. The van der Waals surface area contributed by atoms with Crippen molar-refractivity contribution in [3.8, 4) is 0 Å². The highest BCUT2D eigenvalue weighted by molar-refractivity contribution is 5.70. The van der Waals surface area contributed by atoms with Gasteiger partial charge in [-0.15, -0.1) is 0 Å². The van der Waals surface area contributed by atoms with Crippen molar-refractivity contribution in [3.63, 3.8) is 0 Å². The summed E-state index contributed by atoms with van der Waals surface area (Å²) in [7, 11) is 0. The van der Waals surface area contributed by atoms with E-state index in [2.05, 4.69) is 0 Å². The number of aromatic nitrogens is 6. The highest BCUT2D eigenvalue weighted by Gasteiger charge is 2.21. The summed E-state index contributed by atoms with van der Waals surface area (Å²) in [5, 5.41) is 18.8. The molecule has 0 aliphatic heterocycles. The molecule has 346 valence electrons. The van der Waals surface area contributed by atoms with Crippen LogP contribution in [0.5, 0.6) is 0 Å². The second-order valence-electron chi connectivity index (χ2n) is 16.2. The number of esters is 3. The van der Waals surface area contributed by atoms with Crippen molar-refractivity contribution in [2.45, 2.75) is 156 Å². The van der Waals surface area contributed by atoms with Crippen LogP contribution < -0.4 is 34.1 Å². The average Bonchev–Trinajstić information content (AvgIpc) is 3.16. The Balaban J connectivity index is 2.17. The highest BCUT2D eigenvalue weighted by atomic mass is 16.5. The Morgan fingerprint density at radius 2 is 0.803 bits per heavy atom. The summed E-state index contributed by atoms with van der Waals surface area (Å²) in [4.78, 5) is 117. The van der Waals surface area contributed by atoms with Crippen LogP contribution in [0.2, 0.25) is 0 Å². The number of carbonyl (C=O) groups excluding carboxylic acids is 3. The lowest BCUT2D eigenvalue weighted by Crippen LogP contribution is -2.55. The molecule has 22 nitrogen and oxygen atoms in total. The van der Waals surface area contributed by atoms with E-state index in [1.165, 1.54) is 6.92 Å². The molecular formula is C39H64N6O16. The van der Waals surface area contributed by atoms with E-state index in [0.717, 1.165) is 30.3 Å². The number of rotatable bonds is 27. The number of hydrogen-bond acceptors (Lipinski definition) is 16. The fourth-order valence-electron chi connectivity index (χ4n) is 5.64. The lowest BCUT2D eigenvalue weighted by atomic mass is 10.1. The Morgan fingerprint density at radius 3 is 1.21 bits per heavy atom. The summed E-state index contributed by atoms with van der Waals surface area (Å²) in [6.45, 7) is 9.16. The number of ether oxygens (including phenoxy) is 5. The fraction of sp³-hybridized carbons (Fsp3) is 0.769. The zero-order valence-corrected chi connectivity index (χ0v) is 36.5. The van der Waals surface area contributed by atoms with Gasteiger partial charge in [-0.2, -0.15) is 0 Å². The van der Waals surface area contributed by atoms with E-state index in [1.807, 2.05) is 20.8 Å². The van der Waals surface area contributed by atoms with E-state index in [-0.39, 0.29) is 32.0 Å². The number of nitrogens with zero attached hydrogens (tertiary/aromatic N) is 6. The van der Waals surface area contributed by atoms with Crippen LogP contribution in [-0.2, 0) is 77.3 Å². The van der Waals surface area contributed by atoms with Crippen molar-refractivity contribution in [3.05, 3.63) is 62.9 Å². The van der Waals surface area contributed by atoms with E-state index in [1.54, 1.807) is 20.8 Å². The second-order valence-corrected chi connectivity index (χ2v) is 16.2. The van der Waals surface area contributed by atoms with Crippen molar-refractivity contribution >= 4 is 17.9 Å². The molecule has 0 radical (unpaired) electrons. The molecule has 0 saturated carbocycles. The minimum absolute atomic E-state index is 0.0496. The third-order valence-corrected chi connectivity index (χ3v) is 8.71. The first-order chi connectivity index (χ1) is 28.6. The summed E-state index contributed by atoms with van der Waals surface area (Å²) in [5.41, 5.74) is -7.22. The number of hydrogen-bond donors (Lipinski definition) is 2. The van der Waals surface area contributed by atoms with E-state index in [9.17, 15) is 53.4 Å². The van der Waals surface area contributed by atoms with Gasteiger partial charge in [0.2, 0.25) is 0 Å². The number of unbranched alkanes of at least 4 members (excludes halogenated alkanes) is 4. The highest BCUT2D eigenvalue weighted by Crippen LogP contribution is 2.10. The molecule has 0 aliphatic rings. The molecule has 0 saturated heterocycles. The first-order valence-electron chi connectivity index (χ1n) is 20.5. The van der Waals surface area contributed by atoms with Crippen LogP contribution in [0.3, 0.4) is 0 Å². The Kier molecular flexibility index (Phi) is 21.5. The first-order valence-corrected chi connectivity index (χ1v) is 20.5. The van der Waals surface area contributed by atoms with Gasteiger partial charge in [0.25, 0.3) is 0 Å². The van der Waals surface area contributed by atoms with Gasteiger partial charge < -0.3 is 33.9 Å². The van der Waals surface area contributed by atoms with Crippen LogP contribution in [0, 0.1) is 0 Å². The maximum Gasteiger partial charge on any atom is 0.336 e. The lowest BCUT2D eigenvalue weighted by molar-refractivity contribution is -0.146. The van der Waals surface area contributed by atoms with Gasteiger partial charge in [-0.3, -0.25) is 14.4 Å². The maximum absolute atomic E-state index is 13.5. The molecule has 0 aliphatic carbocycles. The molecule has 2 aromatic rings.